The summed E-state index contributed by atoms with van der Waals surface area (Å²) in [6, 6.07) is 0. The van der Waals surface area contributed by atoms with Crippen LogP contribution < -0.4 is 10.6 Å². The molecular formula is C14H27ClN2O. The summed E-state index contributed by atoms with van der Waals surface area (Å²) in [5.74, 6) is 1.22. The number of hydrogen-bond donors (Lipinski definition) is 2. The Kier molecular flexibility index (Phi) is 5.93. The van der Waals surface area contributed by atoms with Gasteiger partial charge in [0.15, 0.2) is 0 Å². The molecule has 0 radical (unpaired) electrons. The van der Waals surface area contributed by atoms with Gasteiger partial charge in [0.05, 0.1) is 5.92 Å². The Balaban J connectivity index is 0.00000162. The number of hydrogen-bond acceptors (Lipinski definition) is 2. The molecule has 2 rings (SSSR count). The number of halogens is 1. The summed E-state index contributed by atoms with van der Waals surface area (Å²) in [6.45, 7) is 7.32. The zero-order valence-corrected chi connectivity index (χ0v) is 12.4. The summed E-state index contributed by atoms with van der Waals surface area (Å²) in [5, 5.41) is 6.44. The second-order valence-corrected chi connectivity index (χ2v) is 6.36. The van der Waals surface area contributed by atoms with Gasteiger partial charge in [0.1, 0.15) is 0 Å². The van der Waals surface area contributed by atoms with E-state index >= 15 is 0 Å². The van der Waals surface area contributed by atoms with Gasteiger partial charge in [-0.15, -0.1) is 12.4 Å². The van der Waals surface area contributed by atoms with Crippen LogP contribution in [0.4, 0.5) is 0 Å². The van der Waals surface area contributed by atoms with E-state index in [1.807, 2.05) is 0 Å². The largest absolute Gasteiger partial charge is 0.355 e. The molecule has 0 aromatic heterocycles. The minimum Gasteiger partial charge on any atom is -0.355 e. The van der Waals surface area contributed by atoms with Crippen molar-refractivity contribution in [2.45, 2.75) is 46.0 Å². The molecule has 4 heteroatoms. The van der Waals surface area contributed by atoms with Crippen molar-refractivity contribution >= 4 is 18.3 Å². The molecule has 1 saturated carbocycles. The predicted octanol–water partition coefficient (Wildman–Crippen LogP) is 2.35. The van der Waals surface area contributed by atoms with Crippen LogP contribution in [0, 0.1) is 17.3 Å². The molecule has 2 fully saturated rings. The van der Waals surface area contributed by atoms with Gasteiger partial charge >= 0.3 is 0 Å². The summed E-state index contributed by atoms with van der Waals surface area (Å²) in [4.78, 5) is 12.0. The maximum absolute atomic E-state index is 12.0. The van der Waals surface area contributed by atoms with Crippen LogP contribution in [-0.4, -0.2) is 25.5 Å². The van der Waals surface area contributed by atoms with Crippen LogP contribution in [0.15, 0.2) is 0 Å². The monoisotopic (exact) mass is 274 g/mol. The third-order valence-electron chi connectivity index (χ3n) is 4.32. The minimum absolute atomic E-state index is 0. The van der Waals surface area contributed by atoms with Gasteiger partial charge in [-0.2, -0.15) is 0 Å². The van der Waals surface area contributed by atoms with Crippen molar-refractivity contribution in [1.29, 1.82) is 0 Å². The van der Waals surface area contributed by atoms with E-state index < -0.39 is 0 Å². The smallest absolute Gasteiger partial charge is 0.224 e. The molecule has 0 bridgehead atoms. The first-order chi connectivity index (χ1) is 8.11. The fraction of sp³-hybridized carbons (Fsp3) is 0.929. The van der Waals surface area contributed by atoms with Crippen molar-refractivity contribution < 1.29 is 4.79 Å². The maximum atomic E-state index is 12.0. The molecule has 2 N–H and O–H groups in total. The normalized spacial score (nSPS) is 25.4. The van der Waals surface area contributed by atoms with Gasteiger partial charge in [0.25, 0.3) is 0 Å². The van der Waals surface area contributed by atoms with Crippen LogP contribution in [0.2, 0.25) is 0 Å². The van der Waals surface area contributed by atoms with E-state index in [0.29, 0.717) is 5.41 Å². The van der Waals surface area contributed by atoms with E-state index in [0.717, 1.165) is 32.0 Å². The van der Waals surface area contributed by atoms with Crippen LogP contribution in [0.5, 0.6) is 0 Å². The zero-order chi connectivity index (χ0) is 12.3. The fourth-order valence-electron chi connectivity index (χ4n) is 3.29. The number of carbonyl (C=O) groups excluding carboxylic acids is 1. The van der Waals surface area contributed by atoms with E-state index in [4.69, 9.17) is 0 Å². The second-order valence-electron chi connectivity index (χ2n) is 6.36. The highest BCUT2D eigenvalue weighted by atomic mass is 35.5. The fourth-order valence-corrected chi connectivity index (χ4v) is 3.29. The molecule has 106 valence electrons. The first-order valence-electron chi connectivity index (χ1n) is 7.10. The molecule has 0 aromatic carbocycles. The molecule has 0 aromatic rings. The first kappa shape index (κ1) is 15.8. The van der Waals surface area contributed by atoms with Gasteiger partial charge in [-0.1, -0.05) is 20.3 Å². The average Bonchev–Trinajstić information content (AvgIpc) is 2.74. The van der Waals surface area contributed by atoms with Crippen molar-refractivity contribution in [2.24, 2.45) is 17.3 Å². The standard InChI is InChI=1S/C14H26N2O.ClH/c1-11(2)8-14(5-3-6-14)10-16-13(17)12-4-7-15-9-12;/h11-12,15H,3-10H2,1-2H3,(H,16,17);1H. The lowest BCUT2D eigenvalue weighted by atomic mass is 9.64. The summed E-state index contributed by atoms with van der Waals surface area (Å²) in [7, 11) is 0. The molecule has 18 heavy (non-hydrogen) atoms. The topological polar surface area (TPSA) is 41.1 Å². The van der Waals surface area contributed by atoms with Gasteiger partial charge in [-0.25, -0.2) is 0 Å². The Morgan fingerprint density at radius 3 is 2.61 bits per heavy atom. The third kappa shape index (κ3) is 3.86. The van der Waals surface area contributed by atoms with Gasteiger partial charge in [-0.05, 0) is 43.6 Å². The van der Waals surface area contributed by atoms with Crippen molar-refractivity contribution in [2.75, 3.05) is 19.6 Å². The highest BCUT2D eigenvalue weighted by Crippen LogP contribution is 2.45. The Morgan fingerprint density at radius 2 is 2.17 bits per heavy atom. The van der Waals surface area contributed by atoms with E-state index in [1.165, 1.54) is 25.7 Å². The van der Waals surface area contributed by atoms with E-state index in [9.17, 15) is 4.79 Å². The van der Waals surface area contributed by atoms with E-state index in [1.54, 1.807) is 0 Å². The van der Waals surface area contributed by atoms with Crippen LogP contribution in [-0.2, 0) is 4.79 Å². The Bertz CT molecular complexity index is 271. The van der Waals surface area contributed by atoms with Crippen LogP contribution in [0.1, 0.15) is 46.0 Å². The maximum Gasteiger partial charge on any atom is 0.224 e. The Labute approximate surface area is 117 Å². The molecule has 1 atom stereocenters. The summed E-state index contributed by atoms with van der Waals surface area (Å²) in [6.07, 6.45) is 6.20. The third-order valence-corrected chi connectivity index (χ3v) is 4.32. The lowest BCUT2D eigenvalue weighted by Crippen LogP contribution is -2.44. The molecule has 0 spiro atoms. The molecule has 1 heterocycles. The molecule has 1 amide bonds. The Hall–Kier alpha value is -0.280. The SMILES string of the molecule is CC(C)CC1(CNC(=O)C2CCNC2)CCC1.Cl. The molecule has 1 aliphatic carbocycles. The predicted molar refractivity (Wildman–Crippen MR) is 77.0 cm³/mol. The summed E-state index contributed by atoms with van der Waals surface area (Å²) < 4.78 is 0. The van der Waals surface area contributed by atoms with Gasteiger partial charge < -0.3 is 10.6 Å². The molecular weight excluding hydrogens is 248 g/mol. The van der Waals surface area contributed by atoms with Gasteiger partial charge in [0.2, 0.25) is 5.91 Å². The quantitative estimate of drug-likeness (QED) is 0.808. The lowest BCUT2D eigenvalue weighted by molar-refractivity contribution is -0.125. The van der Waals surface area contributed by atoms with Crippen molar-refractivity contribution in [1.82, 2.24) is 10.6 Å². The zero-order valence-electron chi connectivity index (χ0n) is 11.6. The summed E-state index contributed by atoms with van der Waals surface area (Å²) in [5.41, 5.74) is 0.426. The molecule has 1 unspecified atom stereocenters. The van der Waals surface area contributed by atoms with Crippen molar-refractivity contribution in [3.05, 3.63) is 0 Å². The van der Waals surface area contributed by atoms with E-state index in [2.05, 4.69) is 24.5 Å². The minimum atomic E-state index is 0. The molecule has 1 aliphatic heterocycles. The summed E-state index contributed by atoms with van der Waals surface area (Å²) >= 11 is 0. The highest BCUT2D eigenvalue weighted by molar-refractivity contribution is 5.85. The number of rotatable bonds is 5. The first-order valence-corrected chi connectivity index (χ1v) is 7.10. The van der Waals surface area contributed by atoms with Crippen molar-refractivity contribution in [3.8, 4) is 0 Å². The average molecular weight is 275 g/mol. The van der Waals surface area contributed by atoms with Gasteiger partial charge in [0, 0.05) is 13.1 Å². The number of nitrogens with one attached hydrogen (secondary N) is 2. The van der Waals surface area contributed by atoms with Crippen LogP contribution in [0.3, 0.4) is 0 Å². The number of carbonyl (C=O) groups is 1. The number of amides is 1. The molecule has 1 saturated heterocycles. The Morgan fingerprint density at radius 1 is 1.44 bits per heavy atom. The van der Waals surface area contributed by atoms with E-state index in [-0.39, 0.29) is 24.2 Å². The lowest BCUT2D eigenvalue weighted by Gasteiger charge is -2.43. The molecule has 3 nitrogen and oxygen atoms in total. The second kappa shape index (κ2) is 6.76. The van der Waals surface area contributed by atoms with Crippen LogP contribution >= 0.6 is 12.4 Å². The molecule has 2 aliphatic rings. The van der Waals surface area contributed by atoms with Crippen molar-refractivity contribution in [3.63, 3.8) is 0 Å². The highest BCUT2D eigenvalue weighted by Gasteiger charge is 2.38. The van der Waals surface area contributed by atoms with Gasteiger partial charge in [-0.3, -0.25) is 4.79 Å². The van der Waals surface area contributed by atoms with Crippen LogP contribution in [0.25, 0.3) is 0 Å².